The van der Waals surface area contributed by atoms with Gasteiger partial charge in [-0.2, -0.15) is 0 Å². The van der Waals surface area contributed by atoms with Gasteiger partial charge >= 0.3 is 0 Å². The zero-order valence-corrected chi connectivity index (χ0v) is 17.0. The summed E-state index contributed by atoms with van der Waals surface area (Å²) in [5.41, 5.74) is 1.23. The van der Waals surface area contributed by atoms with E-state index in [0.29, 0.717) is 0 Å². The number of thiophene rings is 1. The normalized spacial score (nSPS) is 22.8. The van der Waals surface area contributed by atoms with Crippen molar-refractivity contribution in [1.29, 1.82) is 0 Å². The number of amides is 2. The van der Waals surface area contributed by atoms with Crippen LogP contribution in [-0.2, 0) is 17.6 Å². The molecule has 1 aromatic heterocycles. The number of nitrogens with zero attached hydrogens (tertiary/aromatic N) is 2. The van der Waals surface area contributed by atoms with E-state index in [1.807, 2.05) is 4.90 Å². The van der Waals surface area contributed by atoms with Crippen molar-refractivity contribution in [2.45, 2.75) is 51.4 Å². The molecule has 2 saturated heterocycles. The van der Waals surface area contributed by atoms with Crippen LogP contribution in [0.2, 0.25) is 0 Å². The van der Waals surface area contributed by atoms with Crippen LogP contribution < -0.4 is 5.32 Å². The molecular weight excluding hydrogens is 358 g/mol. The van der Waals surface area contributed by atoms with Gasteiger partial charge in [-0.1, -0.05) is 0 Å². The van der Waals surface area contributed by atoms with Crippen LogP contribution in [0.15, 0.2) is 6.07 Å². The number of hydrogen-bond acceptors (Lipinski definition) is 4. The molecule has 0 saturated carbocycles. The first-order chi connectivity index (χ1) is 13.2. The fraction of sp³-hybridized carbons (Fsp3) is 0.714. The van der Waals surface area contributed by atoms with Crippen molar-refractivity contribution in [2.75, 3.05) is 39.3 Å². The molecule has 1 aromatic rings. The lowest BCUT2D eigenvalue weighted by atomic mass is 9.87. The van der Waals surface area contributed by atoms with E-state index in [2.05, 4.69) is 16.3 Å². The maximum Gasteiger partial charge on any atom is 0.263 e. The van der Waals surface area contributed by atoms with Gasteiger partial charge in [0.2, 0.25) is 5.91 Å². The Hall–Kier alpha value is -1.40. The summed E-state index contributed by atoms with van der Waals surface area (Å²) in [6.45, 7) is 6.10. The van der Waals surface area contributed by atoms with Crippen LogP contribution in [0.5, 0.6) is 0 Å². The number of aryl methyl sites for hydroxylation is 1. The summed E-state index contributed by atoms with van der Waals surface area (Å²) in [7, 11) is 0. The second kappa shape index (κ2) is 8.74. The van der Waals surface area contributed by atoms with Gasteiger partial charge in [0, 0.05) is 30.4 Å². The fourth-order valence-corrected chi connectivity index (χ4v) is 5.77. The summed E-state index contributed by atoms with van der Waals surface area (Å²) in [5, 5.41) is 3.14. The fourth-order valence-electron chi connectivity index (χ4n) is 4.59. The zero-order chi connectivity index (χ0) is 18.6. The first-order valence-corrected chi connectivity index (χ1v) is 11.4. The molecule has 27 heavy (non-hydrogen) atoms. The number of carbonyl (C=O) groups is 2. The monoisotopic (exact) mass is 389 g/mol. The van der Waals surface area contributed by atoms with Crippen LogP contribution in [0, 0.1) is 5.92 Å². The molecule has 2 fully saturated rings. The Morgan fingerprint density at radius 1 is 1.11 bits per heavy atom. The van der Waals surface area contributed by atoms with Gasteiger partial charge in [-0.3, -0.25) is 9.59 Å². The van der Waals surface area contributed by atoms with Gasteiger partial charge in [0.05, 0.1) is 4.88 Å². The van der Waals surface area contributed by atoms with Gasteiger partial charge in [-0.25, -0.2) is 0 Å². The van der Waals surface area contributed by atoms with Crippen molar-refractivity contribution in [2.24, 2.45) is 5.92 Å². The molecule has 1 aliphatic carbocycles. The maximum absolute atomic E-state index is 12.6. The lowest BCUT2D eigenvalue weighted by Crippen LogP contribution is -2.35. The molecule has 0 radical (unpaired) electrons. The highest BCUT2D eigenvalue weighted by Crippen LogP contribution is 2.33. The number of carbonyl (C=O) groups excluding carboxylic acids is 2. The lowest BCUT2D eigenvalue weighted by Gasteiger charge is -2.21. The van der Waals surface area contributed by atoms with Crippen molar-refractivity contribution in [3.63, 3.8) is 0 Å². The topological polar surface area (TPSA) is 52.7 Å². The largest absolute Gasteiger partial charge is 0.356 e. The maximum atomic E-state index is 12.6. The predicted molar refractivity (Wildman–Crippen MR) is 108 cm³/mol. The van der Waals surface area contributed by atoms with E-state index >= 15 is 0 Å². The van der Waals surface area contributed by atoms with Crippen molar-refractivity contribution in [3.8, 4) is 0 Å². The summed E-state index contributed by atoms with van der Waals surface area (Å²) in [4.78, 5) is 31.8. The van der Waals surface area contributed by atoms with E-state index in [0.717, 1.165) is 69.6 Å². The molecular formula is C21H31N3O2S. The van der Waals surface area contributed by atoms with Crippen LogP contribution in [0.3, 0.4) is 0 Å². The molecule has 1 N–H and O–H groups in total. The smallest absolute Gasteiger partial charge is 0.263 e. The summed E-state index contributed by atoms with van der Waals surface area (Å²) in [6.07, 6.45) is 8.54. The highest BCUT2D eigenvalue weighted by Gasteiger charge is 2.29. The Kier molecular flexibility index (Phi) is 6.13. The highest BCUT2D eigenvalue weighted by atomic mass is 32.1. The summed E-state index contributed by atoms with van der Waals surface area (Å²) < 4.78 is 0. The molecule has 5 nitrogen and oxygen atoms in total. The van der Waals surface area contributed by atoms with Crippen LogP contribution >= 0.6 is 11.3 Å². The van der Waals surface area contributed by atoms with Crippen molar-refractivity contribution in [3.05, 3.63) is 21.4 Å². The van der Waals surface area contributed by atoms with E-state index in [-0.39, 0.29) is 17.7 Å². The third-order valence-electron chi connectivity index (χ3n) is 6.21. The summed E-state index contributed by atoms with van der Waals surface area (Å²) in [6, 6.07) is 2.06. The van der Waals surface area contributed by atoms with E-state index in [9.17, 15) is 9.59 Å². The Morgan fingerprint density at radius 2 is 1.85 bits per heavy atom. The van der Waals surface area contributed by atoms with Gasteiger partial charge in [-0.05, 0) is 82.6 Å². The molecule has 148 valence electrons. The summed E-state index contributed by atoms with van der Waals surface area (Å²) in [5.74, 6) is 0.448. The predicted octanol–water partition coefficient (Wildman–Crippen LogP) is 2.69. The van der Waals surface area contributed by atoms with Crippen molar-refractivity contribution in [1.82, 2.24) is 15.1 Å². The average molecular weight is 390 g/mol. The molecule has 0 bridgehead atoms. The third-order valence-corrected chi connectivity index (χ3v) is 7.43. The van der Waals surface area contributed by atoms with Gasteiger partial charge < -0.3 is 15.1 Å². The number of fused-ring (bicyclic) bond motifs is 1. The van der Waals surface area contributed by atoms with E-state index in [1.165, 1.54) is 36.4 Å². The van der Waals surface area contributed by atoms with Gasteiger partial charge in [-0.15, -0.1) is 11.3 Å². The molecule has 1 atom stereocenters. The molecule has 3 heterocycles. The van der Waals surface area contributed by atoms with Crippen molar-refractivity contribution >= 4 is 23.2 Å². The molecule has 0 unspecified atom stereocenters. The number of hydrogen-bond donors (Lipinski definition) is 1. The molecule has 0 aromatic carbocycles. The number of rotatable bonds is 6. The first-order valence-electron chi connectivity index (χ1n) is 10.6. The van der Waals surface area contributed by atoms with Crippen LogP contribution in [0.4, 0.5) is 0 Å². The SMILES string of the molecule is O=C(NCCCN1CCCC1)[C@@H]1CCc2sc(C(=O)N3CCCC3)cc2C1. The van der Waals surface area contributed by atoms with E-state index < -0.39 is 0 Å². The molecule has 4 rings (SSSR count). The number of nitrogens with one attached hydrogen (secondary N) is 1. The molecule has 0 spiro atoms. The van der Waals surface area contributed by atoms with E-state index in [1.54, 1.807) is 11.3 Å². The molecule has 3 aliphatic rings. The lowest BCUT2D eigenvalue weighted by molar-refractivity contribution is -0.125. The molecule has 2 amide bonds. The summed E-state index contributed by atoms with van der Waals surface area (Å²) >= 11 is 1.65. The Morgan fingerprint density at radius 3 is 2.63 bits per heavy atom. The molecule has 6 heteroatoms. The Bertz CT molecular complexity index is 675. The Labute approximate surface area is 166 Å². The first kappa shape index (κ1) is 18.9. The second-order valence-electron chi connectivity index (χ2n) is 8.19. The minimum absolute atomic E-state index is 0.0635. The zero-order valence-electron chi connectivity index (χ0n) is 16.2. The minimum atomic E-state index is 0.0635. The minimum Gasteiger partial charge on any atom is -0.356 e. The molecule has 2 aliphatic heterocycles. The van der Waals surface area contributed by atoms with Crippen molar-refractivity contribution < 1.29 is 9.59 Å². The van der Waals surface area contributed by atoms with Crippen LogP contribution in [0.25, 0.3) is 0 Å². The second-order valence-corrected chi connectivity index (χ2v) is 9.33. The quantitative estimate of drug-likeness (QED) is 0.761. The van der Waals surface area contributed by atoms with Crippen LogP contribution in [0.1, 0.15) is 58.6 Å². The van der Waals surface area contributed by atoms with Gasteiger partial charge in [0.25, 0.3) is 5.91 Å². The van der Waals surface area contributed by atoms with Gasteiger partial charge in [0.15, 0.2) is 0 Å². The Balaban J connectivity index is 1.26. The third kappa shape index (κ3) is 4.54. The van der Waals surface area contributed by atoms with Gasteiger partial charge in [0.1, 0.15) is 0 Å². The van der Waals surface area contributed by atoms with E-state index in [4.69, 9.17) is 0 Å². The average Bonchev–Trinajstić information content (AvgIpc) is 3.45. The number of likely N-dealkylation sites (tertiary alicyclic amines) is 2. The highest BCUT2D eigenvalue weighted by molar-refractivity contribution is 7.14. The standard InChI is InChI=1S/C21H31N3O2S/c25-20(22-8-5-11-23-9-1-2-10-23)16-6-7-18-17(14-16)15-19(27-18)21(26)24-12-3-4-13-24/h15-16H,1-14H2,(H,22,25)/t16-/m1/s1. The van der Waals surface area contributed by atoms with Crippen LogP contribution in [-0.4, -0.2) is 60.9 Å².